The second-order valence-electron chi connectivity index (χ2n) is 4.43. The van der Waals surface area contributed by atoms with Crippen LogP contribution >= 0.6 is 11.8 Å². The summed E-state index contributed by atoms with van der Waals surface area (Å²) < 4.78 is 13.7. The molecule has 0 aliphatic carbocycles. The number of nitrogens with one attached hydrogen (secondary N) is 1. The lowest BCUT2D eigenvalue weighted by Gasteiger charge is -2.08. The Morgan fingerprint density at radius 1 is 1.29 bits per heavy atom. The molecule has 0 spiro atoms. The highest BCUT2D eigenvalue weighted by molar-refractivity contribution is 7.99. The maximum atomic E-state index is 13.7. The van der Waals surface area contributed by atoms with Crippen LogP contribution in [0.4, 0.5) is 15.8 Å². The Morgan fingerprint density at radius 2 is 2.05 bits per heavy atom. The van der Waals surface area contributed by atoms with Crippen LogP contribution in [-0.2, 0) is 0 Å². The van der Waals surface area contributed by atoms with Crippen LogP contribution in [0.3, 0.4) is 0 Å². The number of hydrogen-bond acceptors (Lipinski definition) is 4. The van der Waals surface area contributed by atoms with Gasteiger partial charge >= 0.3 is 0 Å². The van der Waals surface area contributed by atoms with Crippen molar-refractivity contribution in [3.8, 4) is 0 Å². The molecular weight excluding hydrogens is 291 g/mol. The fourth-order valence-electron chi connectivity index (χ4n) is 1.77. The minimum Gasteiger partial charge on any atom is -0.385 e. The van der Waals surface area contributed by atoms with E-state index in [0.29, 0.717) is 15.5 Å². The molecule has 0 fully saturated rings. The van der Waals surface area contributed by atoms with Crippen molar-refractivity contribution in [1.82, 2.24) is 0 Å². The van der Waals surface area contributed by atoms with Crippen LogP contribution in [0.25, 0.3) is 0 Å². The molecule has 6 heteroatoms. The molecule has 0 radical (unpaired) electrons. The number of nitro benzene ring substituents is 1. The highest BCUT2D eigenvalue weighted by atomic mass is 32.2. The summed E-state index contributed by atoms with van der Waals surface area (Å²) in [5.41, 5.74) is 0.667. The van der Waals surface area contributed by atoms with Crippen LogP contribution in [0.2, 0.25) is 0 Å². The molecule has 0 atom stereocenters. The van der Waals surface area contributed by atoms with E-state index in [1.54, 1.807) is 24.3 Å². The Hall–Kier alpha value is -2.08. The monoisotopic (exact) mass is 306 g/mol. The standard InChI is InChI=1S/C15H15FN2O2S/c1-2-7-17-11-8-12(18(19)20)10-13(9-11)21-15-6-4-3-5-14(15)16/h3-6,8-10,17H,2,7H2,1H3. The van der Waals surface area contributed by atoms with Crippen molar-refractivity contribution in [2.45, 2.75) is 23.1 Å². The van der Waals surface area contributed by atoms with Crippen molar-refractivity contribution in [2.75, 3.05) is 11.9 Å². The highest BCUT2D eigenvalue weighted by Crippen LogP contribution is 2.34. The molecule has 0 saturated heterocycles. The van der Waals surface area contributed by atoms with E-state index in [2.05, 4.69) is 5.32 Å². The molecule has 0 aliphatic heterocycles. The van der Waals surface area contributed by atoms with Gasteiger partial charge < -0.3 is 5.32 Å². The van der Waals surface area contributed by atoms with Crippen molar-refractivity contribution >= 4 is 23.1 Å². The Balaban J connectivity index is 2.31. The quantitative estimate of drug-likeness (QED) is 0.620. The van der Waals surface area contributed by atoms with Gasteiger partial charge in [-0.3, -0.25) is 10.1 Å². The van der Waals surface area contributed by atoms with Gasteiger partial charge in [0.1, 0.15) is 5.82 Å². The number of hydrogen-bond donors (Lipinski definition) is 1. The molecule has 0 aromatic heterocycles. The largest absolute Gasteiger partial charge is 0.385 e. The van der Waals surface area contributed by atoms with Gasteiger partial charge in [0, 0.05) is 34.2 Å². The highest BCUT2D eigenvalue weighted by Gasteiger charge is 2.12. The molecule has 0 bridgehead atoms. The molecule has 0 unspecified atom stereocenters. The number of benzene rings is 2. The molecule has 0 amide bonds. The van der Waals surface area contributed by atoms with Gasteiger partial charge in [-0.25, -0.2) is 4.39 Å². The van der Waals surface area contributed by atoms with Gasteiger partial charge in [-0.2, -0.15) is 0 Å². The molecule has 21 heavy (non-hydrogen) atoms. The number of halogens is 1. The van der Waals surface area contributed by atoms with E-state index in [-0.39, 0.29) is 11.5 Å². The zero-order chi connectivity index (χ0) is 15.2. The first-order valence-electron chi connectivity index (χ1n) is 6.56. The van der Waals surface area contributed by atoms with Gasteiger partial charge in [0.05, 0.1) is 4.92 Å². The molecule has 0 aliphatic rings. The number of nitro groups is 1. The maximum Gasteiger partial charge on any atom is 0.272 e. The summed E-state index contributed by atoms with van der Waals surface area (Å²) in [6, 6.07) is 11.1. The minimum atomic E-state index is -0.442. The van der Waals surface area contributed by atoms with Gasteiger partial charge in [0.25, 0.3) is 5.69 Å². The molecular formula is C15H15FN2O2S. The van der Waals surface area contributed by atoms with E-state index in [1.165, 1.54) is 30.0 Å². The van der Waals surface area contributed by atoms with Gasteiger partial charge in [-0.15, -0.1) is 0 Å². The van der Waals surface area contributed by atoms with Crippen molar-refractivity contribution in [1.29, 1.82) is 0 Å². The topological polar surface area (TPSA) is 55.2 Å². The SMILES string of the molecule is CCCNc1cc(Sc2ccccc2F)cc([N+](=O)[O-])c1. The Bertz CT molecular complexity index is 649. The Labute approximate surface area is 126 Å². The lowest BCUT2D eigenvalue weighted by Crippen LogP contribution is -2.00. The summed E-state index contributed by atoms with van der Waals surface area (Å²) in [7, 11) is 0. The van der Waals surface area contributed by atoms with E-state index in [0.717, 1.165) is 13.0 Å². The van der Waals surface area contributed by atoms with Gasteiger partial charge in [-0.05, 0) is 24.6 Å². The third-order valence-corrected chi connectivity index (χ3v) is 3.77. The van der Waals surface area contributed by atoms with E-state index >= 15 is 0 Å². The third-order valence-electron chi connectivity index (χ3n) is 2.75. The first-order chi connectivity index (χ1) is 10.1. The molecule has 4 nitrogen and oxygen atoms in total. The number of rotatable bonds is 6. The summed E-state index contributed by atoms with van der Waals surface area (Å²) in [5, 5.41) is 14.1. The predicted octanol–water partition coefficient (Wildman–Crippen LogP) is 4.71. The first-order valence-corrected chi connectivity index (χ1v) is 7.37. The molecule has 110 valence electrons. The Morgan fingerprint density at radius 3 is 2.71 bits per heavy atom. The van der Waals surface area contributed by atoms with Crippen LogP contribution in [0, 0.1) is 15.9 Å². The lowest BCUT2D eigenvalue weighted by molar-refractivity contribution is -0.385. The van der Waals surface area contributed by atoms with Crippen molar-refractivity contribution in [3.05, 3.63) is 58.4 Å². The van der Waals surface area contributed by atoms with E-state index in [4.69, 9.17) is 0 Å². The zero-order valence-electron chi connectivity index (χ0n) is 11.5. The third kappa shape index (κ3) is 4.19. The smallest absolute Gasteiger partial charge is 0.272 e. The predicted molar refractivity (Wildman–Crippen MR) is 82.4 cm³/mol. The van der Waals surface area contributed by atoms with Crippen LogP contribution in [0.5, 0.6) is 0 Å². The summed E-state index contributed by atoms with van der Waals surface area (Å²) >= 11 is 1.17. The molecule has 0 heterocycles. The minimum absolute atomic E-state index is 0.00468. The number of nitrogens with zero attached hydrogens (tertiary/aromatic N) is 1. The lowest BCUT2D eigenvalue weighted by atomic mass is 10.2. The molecule has 2 aromatic rings. The summed E-state index contributed by atoms with van der Waals surface area (Å²) in [5.74, 6) is -0.336. The second kappa shape index (κ2) is 7.08. The average molecular weight is 306 g/mol. The van der Waals surface area contributed by atoms with Crippen molar-refractivity contribution in [3.63, 3.8) is 0 Å². The van der Waals surface area contributed by atoms with Crippen LogP contribution in [0.15, 0.2) is 52.3 Å². The van der Waals surface area contributed by atoms with Crippen LogP contribution in [0.1, 0.15) is 13.3 Å². The van der Waals surface area contributed by atoms with Crippen molar-refractivity contribution < 1.29 is 9.31 Å². The molecule has 1 N–H and O–H groups in total. The number of anilines is 1. The van der Waals surface area contributed by atoms with Gasteiger partial charge in [-0.1, -0.05) is 30.8 Å². The van der Waals surface area contributed by atoms with Crippen LogP contribution in [-0.4, -0.2) is 11.5 Å². The maximum absolute atomic E-state index is 13.7. The van der Waals surface area contributed by atoms with Gasteiger partial charge in [0.15, 0.2) is 0 Å². The fraction of sp³-hybridized carbons (Fsp3) is 0.200. The zero-order valence-corrected chi connectivity index (χ0v) is 12.3. The first kappa shape index (κ1) is 15.3. The van der Waals surface area contributed by atoms with E-state index < -0.39 is 4.92 Å². The average Bonchev–Trinajstić information content (AvgIpc) is 2.47. The normalized spacial score (nSPS) is 10.4. The second-order valence-corrected chi connectivity index (χ2v) is 5.55. The summed E-state index contributed by atoms with van der Waals surface area (Å²) in [6.07, 6.45) is 0.915. The number of non-ortho nitro benzene ring substituents is 1. The van der Waals surface area contributed by atoms with Crippen LogP contribution < -0.4 is 5.32 Å². The fourth-order valence-corrected chi connectivity index (χ4v) is 2.71. The van der Waals surface area contributed by atoms with Gasteiger partial charge in [0.2, 0.25) is 0 Å². The molecule has 2 rings (SSSR count). The van der Waals surface area contributed by atoms with E-state index in [1.807, 2.05) is 6.92 Å². The van der Waals surface area contributed by atoms with E-state index in [9.17, 15) is 14.5 Å². The summed E-state index contributed by atoms with van der Waals surface area (Å²) in [6.45, 7) is 2.74. The Kier molecular flexibility index (Phi) is 5.16. The molecule has 2 aromatic carbocycles. The van der Waals surface area contributed by atoms with Crippen molar-refractivity contribution in [2.24, 2.45) is 0 Å². The molecule has 0 saturated carbocycles. The summed E-state index contributed by atoms with van der Waals surface area (Å²) in [4.78, 5) is 11.6.